The zero-order valence-corrected chi connectivity index (χ0v) is 17.6. The van der Waals surface area contributed by atoms with E-state index < -0.39 is 35.5 Å². The van der Waals surface area contributed by atoms with E-state index in [0.717, 1.165) is 6.07 Å². The molecule has 0 radical (unpaired) electrons. The maximum atomic E-state index is 12.9. The first-order valence-corrected chi connectivity index (χ1v) is 9.78. The Morgan fingerprint density at radius 3 is 2.59 bits per heavy atom. The summed E-state index contributed by atoms with van der Waals surface area (Å²) in [4.78, 5) is 38.8. The number of ether oxygens (including phenoxy) is 2. The molecule has 4 amide bonds. The molecule has 34 heavy (non-hydrogen) atoms. The Hall–Kier alpha value is -4.40. The van der Waals surface area contributed by atoms with Gasteiger partial charge in [-0.25, -0.2) is 4.79 Å². The lowest BCUT2D eigenvalue weighted by Gasteiger charge is -2.26. The molecule has 2 aromatic carbocycles. The Bertz CT molecular complexity index is 1270. The minimum atomic E-state index is -4.96. The third-order valence-corrected chi connectivity index (χ3v) is 5.22. The number of alkyl halides is 3. The van der Waals surface area contributed by atoms with Crippen molar-refractivity contribution >= 4 is 23.5 Å². The summed E-state index contributed by atoms with van der Waals surface area (Å²) < 4.78 is 46.8. The van der Waals surface area contributed by atoms with Crippen molar-refractivity contribution in [1.82, 2.24) is 15.5 Å². The van der Waals surface area contributed by atoms with Crippen molar-refractivity contribution in [2.75, 3.05) is 19.4 Å². The van der Waals surface area contributed by atoms with Gasteiger partial charge < -0.3 is 25.4 Å². The number of fused-ring (bicyclic) bond motifs is 1. The van der Waals surface area contributed by atoms with E-state index in [1.807, 2.05) is 0 Å². The number of carbonyl (C=O) groups is 3. The molecule has 0 saturated carbocycles. The van der Waals surface area contributed by atoms with E-state index in [2.05, 4.69) is 27.2 Å². The fraction of sp³-hybridized carbons (Fsp3) is 0.227. The second-order valence-electron chi connectivity index (χ2n) is 7.55. The maximum Gasteiger partial charge on any atom is 0.573 e. The summed E-state index contributed by atoms with van der Waals surface area (Å²) in [5.74, 6) is 3.81. The fourth-order valence-electron chi connectivity index (χ4n) is 3.62. The van der Waals surface area contributed by atoms with Crippen molar-refractivity contribution in [3.8, 4) is 23.3 Å². The number of carbonyl (C=O) groups excluding carboxylic acids is 3. The van der Waals surface area contributed by atoms with Crippen LogP contribution in [0.5, 0.6) is 11.5 Å². The van der Waals surface area contributed by atoms with Gasteiger partial charge in [0.2, 0.25) is 5.54 Å². The summed E-state index contributed by atoms with van der Waals surface area (Å²) in [7, 11) is 1.46. The number of anilines is 1. The molecule has 2 aromatic rings. The summed E-state index contributed by atoms with van der Waals surface area (Å²) in [6, 6.07) is 7.62. The molecule has 9 nitrogen and oxygen atoms in total. The molecule has 2 aliphatic heterocycles. The largest absolute Gasteiger partial charge is 0.573 e. The molecule has 0 aliphatic carbocycles. The number of nitrogens with two attached hydrogens (primary N) is 1. The number of imide groups is 1. The van der Waals surface area contributed by atoms with Crippen molar-refractivity contribution in [3.05, 3.63) is 53.1 Å². The smallest absolute Gasteiger partial charge is 0.497 e. The van der Waals surface area contributed by atoms with Crippen LogP contribution < -0.4 is 25.8 Å². The van der Waals surface area contributed by atoms with Gasteiger partial charge in [0, 0.05) is 17.7 Å². The average molecular weight is 474 g/mol. The number of methoxy groups -OCH3 is 1. The molecule has 176 valence electrons. The molecule has 2 aliphatic rings. The minimum absolute atomic E-state index is 0.0440. The van der Waals surface area contributed by atoms with Gasteiger partial charge in [-0.1, -0.05) is 17.9 Å². The van der Waals surface area contributed by atoms with Crippen LogP contribution in [0.25, 0.3) is 0 Å². The monoisotopic (exact) mass is 474 g/mol. The van der Waals surface area contributed by atoms with Crippen LogP contribution in [0.2, 0.25) is 0 Å². The Morgan fingerprint density at radius 1 is 1.18 bits per heavy atom. The van der Waals surface area contributed by atoms with Gasteiger partial charge in [-0.2, -0.15) is 0 Å². The number of hydrogen-bond donors (Lipinski definition) is 3. The van der Waals surface area contributed by atoms with Gasteiger partial charge in [-0.15, -0.1) is 13.2 Å². The topological polar surface area (TPSA) is 123 Å². The van der Waals surface area contributed by atoms with E-state index in [1.165, 1.54) is 24.1 Å². The van der Waals surface area contributed by atoms with Gasteiger partial charge >= 0.3 is 12.4 Å². The average Bonchev–Trinajstić information content (AvgIpc) is 3.22. The molecule has 1 fully saturated rings. The van der Waals surface area contributed by atoms with Crippen LogP contribution in [0, 0.1) is 11.8 Å². The van der Waals surface area contributed by atoms with E-state index in [4.69, 9.17) is 10.5 Å². The Labute approximate surface area is 191 Å². The van der Waals surface area contributed by atoms with Crippen LogP contribution >= 0.6 is 0 Å². The van der Waals surface area contributed by atoms with Crippen molar-refractivity contribution in [2.24, 2.45) is 0 Å². The van der Waals surface area contributed by atoms with Gasteiger partial charge in [-0.05, 0) is 35.9 Å². The molecule has 1 atom stereocenters. The van der Waals surface area contributed by atoms with Gasteiger partial charge in [-0.3, -0.25) is 14.9 Å². The quantitative estimate of drug-likeness (QED) is 0.353. The predicted molar refractivity (Wildman–Crippen MR) is 112 cm³/mol. The molecular formula is C22H17F3N4O5. The number of hydrogen-bond acceptors (Lipinski definition) is 6. The highest BCUT2D eigenvalue weighted by Crippen LogP contribution is 2.30. The van der Waals surface area contributed by atoms with Crippen molar-refractivity contribution < 1.29 is 37.0 Å². The molecule has 1 saturated heterocycles. The Kier molecular flexibility index (Phi) is 5.48. The number of nitrogens with zero attached hydrogens (tertiary/aromatic N) is 1. The van der Waals surface area contributed by atoms with Gasteiger partial charge in [0.1, 0.15) is 5.75 Å². The predicted octanol–water partition coefficient (Wildman–Crippen LogP) is 1.76. The third-order valence-electron chi connectivity index (χ3n) is 5.22. The highest BCUT2D eigenvalue weighted by molar-refractivity contribution is 6.10. The lowest BCUT2D eigenvalue weighted by molar-refractivity contribution is -0.274. The van der Waals surface area contributed by atoms with Crippen LogP contribution in [-0.2, 0) is 11.3 Å². The lowest BCUT2D eigenvalue weighted by Crippen LogP contribution is -2.54. The highest BCUT2D eigenvalue weighted by Gasteiger charge is 2.48. The first-order chi connectivity index (χ1) is 16.0. The maximum absolute atomic E-state index is 12.9. The van der Waals surface area contributed by atoms with Crippen LogP contribution in [0.3, 0.4) is 0 Å². The first-order valence-electron chi connectivity index (χ1n) is 9.78. The van der Waals surface area contributed by atoms with E-state index >= 15 is 0 Å². The van der Waals surface area contributed by atoms with Crippen LogP contribution in [0.1, 0.15) is 21.5 Å². The summed E-state index contributed by atoms with van der Waals surface area (Å²) in [6.45, 7) is -0.134. The van der Waals surface area contributed by atoms with E-state index in [1.54, 1.807) is 18.2 Å². The molecule has 0 aromatic heterocycles. The molecule has 0 spiro atoms. The number of rotatable bonds is 4. The number of halogens is 3. The number of benzene rings is 2. The Morgan fingerprint density at radius 2 is 1.94 bits per heavy atom. The summed E-state index contributed by atoms with van der Waals surface area (Å²) in [6.07, 6.45) is -4.96. The standard InChI is InChI=1S/C22H17F3N4O5/c1-33-14-4-3-13-10-29(18(30)15(13)9-14)11-21(19(31)27-20(32)28-21)7-6-12-2-5-16(26)17(8-12)34-22(23,24)25/h2-5,8-9H,10-11,26H2,1H3,(H2,27,28,31,32)/t21-/m1/s1. The van der Waals surface area contributed by atoms with Gasteiger partial charge in [0.05, 0.1) is 19.3 Å². The fourth-order valence-corrected chi connectivity index (χ4v) is 3.62. The molecule has 4 rings (SSSR count). The molecule has 0 unspecified atom stereocenters. The third kappa shape index (κ3) is 4.40. The second-order valence-corrected chi connectivity index (χ2v) is 7.55. The van der Waals surface area contributed by atoms with Crippen LogP contribution in [0.4, 0.5) is 23.7 Å². The first kappa shape index (κ1) is 22.8. The van der Waals surface area contributed by atoms with E-state index in [9.17, 15) is 27.6 Å². The molecule has 2 heterocycles. The van der Waals surface area contributed by atoms with Crippen molar-refractivity contribution in [1.29, 1.82) is 0 Å². The van der Waals surface area contributed by atoms with E-state index in [0.29, 0.717) is 16.9 Å². The normalized spacial score (nSPS) is 19.2. The summed E-state index contributed by atoms with van der Waals surface area (Å²) in [5, 5.41) is 4.50. The van der Waals surface area contributed by atoms with Crippen LogP contribution in [0.15, 0.2) is 36.4 Å². The molecule has 0 bridgehead atoms. The minimum Gasteiger partial charge on any atom is -0.497 e. The number of amides is 4. The highest BCUT2D eigenvalue weighted by atomic mass is 19.4. The number of urea groups is 1. The second kappa shape index (κ2) is 8.18. The lowest BCUT2D eigenvalue weighted by atomic mass is 9.99. The zero-order chi connectivity index (χ0) is 24.7. The number of nitrogen functional groups attached to an aromatic ring is 1. The summed E-state index contributed by atoms with van der Waals surface area (Å²) in [5.41, 5.74) is 4.56. The summed E-state index contributed by atoms with van der Waals surface area (Å²) >= 11 is 0. The zero-order valence-electron chi connectivity index (χ0n) is 17.6. The van der Waals surface area contributed by atoms with Gasteiger partial charge in [0.25, 0.3) is 11.8 Å². The molecule has 12 heteroatoms. The van der Waals surface area contributed by atoms with Gasteiger partial charge in [0.15, 0.2) is 5.75 Å². The van der Waals surface area contributed by atoms with Crippen LogP contribution in [-0.4, -0.2) is 48.3 Å². The van der Waals surface area contributed by atoms with Crippen molar-refractivity contribution in [3.63, 3.8) is 0 Å². The van der Waals surface area contributed by atoms with Crippen molar-refractivity contribution in [2.45, 2.75) is 18.4 Å². The Balaban J connectivity index is 1.64. The van der Waals surface area contributed by atoms with E-state index in [-0.39, 0.29) is 24.3 Å². The molecular weight excluding hydrogens is 457 g/mol. The SMILES string of the molecule is COc1ccc2c(c1)C(=O)N(C[C@@]1(C#Cc3ccc(N)c(OC(F)(F)F)c3)NC(=O)NC1=O)C2. The molecule has 4 N–H and O–H groups in total. The number of nitrogens with one attached hydrogen (secondary N) is 2.